The number of nitrogens with zero attached hydrogens (tertiary/aromatic N) is 2. The maximum absolute atomic E-state index is 11.3. The number of amides is 1. The molecule has 0 atom stereocenters. The number of rotatable bonds is 2. The van der Waals surface area contributed by atoms with Gasteiger partial charge in [-0.15, -0.1) is 0 Å². The second-order valence-corrected chi connectivity index (χ2v) is 4.90. The monoisotopic (exact) mass is 282 g/mol. The van der Waals surface area contributed by atoms with E-state index in [2.05, 4.69) is 0 Å². The lowest BCUT2D eigenvalue weighted by Gasteiger charge is -2.36. The van der Waals surface area contributed by atoms with Gasteiger partial charge in [0.2, 0.25) is 5.91 Å². The number of benzene rings is 1. The van der Waals surface area contributed by atoms with Crippen LogP contribution in [0.5, 0.6) is 0 Å². The van der Waals surface area contributed by atoms with Gasteiger partial charge in [-0.25, -0.2) is 4.79 Å². The summed E-state index contributed by atoms with van der Waals surface area (Å²) in [6, 6.07) is 4.74. The first kappa shape index (κ1) is 13.7. The summed E-state index contributed by atoms with van der Waals surface area (Å²) in [4.78, 5) is 26.2. The van der Waals surface area contributed by atoms with Gasteiger partial charge in [0.05, 0.1) is 11.3 Å². The molecular formula is C13H15ClN2O3. The van der Waals surface area contributed by atoms with Crippen molar-refractivity contribution >= 4 is 29.2 Å². The van der Waals surface area contributed by atoms with Gasteiger partial charge >= 0.3 is 5.97 Å². The molecule has 102 valence electrons. The standard InChI is InChI=1S/C13H15ClN2O3/c1-9(17)15-4-6-16(7-5-15)12-8-10(14)2-3-11(12)13(18)19/h2-3,8H,4-7H2,1H3,(H,18,19). The number of halogens is 1. The Balaban J connectivity index is 2.21. The number of carbonyl (C=O) groups excluding carboxylic acids is 1. The SMILES string of the molecule is CC(=O)N1CCN(c2cc(Cl)ccc2C(=O)O)CC1. The van der Waals surface area contributed by atoms with E-state index in [1.54, 1.807) is 17.0 Å². The van der Waals surface area contributed by atoms with E-state index in [-0.39, 0.29) is 11.5 Å². The molecule has 1 fully saturated rings. The van der Waals surface area contributed by atoms with Crippen molar-refractivity contribution in [1.29, 1.82) is 0 Å². The normalized spacial score (nSPS) is 15.5. The highest BCUT2D eigenvalue weighted by molar-refractivity contribution is 6.31. The van der Waals surface area contributed by atoms with Gasteiger partial charge in [-0.3, -0.25) is 4.79 Å². The summed E-state index contributed by atoms with van der Waals surface area (Å²) in [5, 5.41) is 9.70. The van der Waals surface area contributed by atoms with E-state index in [1.165, 1.54) is 13.0 Å². The minimum absolute atomic E-state index is 0.0456. The van der Waals surface area contributed by atoms with E-state index < -0.39 is 5.97 Å². The predicted molar refractivity (Wildman–Crippen MR) is 72.9 cm³/mol. The molecule has 1 heterocycles. The molecule has 1 aliphatic heterocycles. The minimum atomic E-state index is -0.972. The van der Waals surface area contributed by atoms with Gasteiger partial charge in [0, 0.05) is 38.1 Å². The Morgan fingerprint density at radius 2 is 1.84 bits per heavy atom. The molecule has 0 aromatic heterocycles. The van der Waals surface area contributed by atoms with Crippen molar-refractivity contribution in [2.24, 2.45) is 0 Å². The molecule has 0 aliphatic carbocycles. The summed E-state index contributed by atoms with van der Waals surface area (Å²) in [7, 11) is 0. The fraction of sp³-hybridized carbons (Fsp3) is 0.385. The van der Waals surface area contributed by atoms with Crippen LogP contribution >= 0.6 is 11.6 Å². The molecular weight excluding hydrogens is 268 g/mol. The van der Waals surface area contributed by atoms with Gasteiger partial charge in [-0.05, 0) is 18.2 Å². The number of carboxylic acid groups (broad SMARTS) is 1. The van der Waals surface area contributed by atoms with E-state index in [4.69, 9.17) is 11.6 Å². The zero-order chi connectivity index (χ0) is 14.0. The molecule has 0 bridgehead atoms. The van der Waals surface area contributed by atoms with Gasteiger partial charge in [0.25, 0.3) is 0 Å². The first-order chi connectivity index (χ1) is 8.99. The molecule has 19 heavy (non-hydrogen) atoms. The second-order valence-electron chi connectivity index (χ2n) is 4.46. The van der Waals surface area contributed by atoms with Gasteiger partial charge in [-0.1, -0.05) is 11.6 Å². The number of piperazine rings is 1. The number of hydrogen-bond donors (Lipinski definition) is 1. The predicted octanol–water partition coefficient (Wildman–Crippen LogP) is 1.71. The van der Waals surface area contributed by atoms with Gasteiger partial charge in [0.1, 0.15) is 0 Å². The highest BCUT2D eigenvalue weighted by Crippen LogP contribution is 2.26. The first-order valence-electron chi connectivity index (χ1n) is 6.02. The van der Waals surface area contributed by atoms with Gasteiger partial charge < -0.3 is 14.9 Å². The van der Waals surface area contributed by atoms with Crippen LogP contribution in [0.25, 0.3) is 0 Å². The van der Waals surface area contributed by atoms with Crippen LogP contribution in [-0.4, -0.2) is 48.1 Å². The lowest BCUT2D eigenvalue weighted by atomic mass is 10.1. The number of hydrogen-bond acceptors (Lipinski definition) is 3. The maximum Gasteiger partial charge on any atom is 0.337 e. The van der Waals surface area contributed by atoms with Crippen molar-refractivity contribution in [3.05, 3.63) is 28.8 Å². The van der Waals surface area contributed by atoms with E-state index in [0.29, 0.717) is 36.9 Å². The van der Waals surface area contributed by atoms with Crippen LogP contribution in [0.2, 0.25) is 5.02 Å². The van der Waals surface area contributed by atoms with Crippen LogP contribution < -0.4 is 4.90 Å². The van der Waals surface area contributed by atoms with Crippen LogP contribution in [0.1, 0.15) is 17.3 Å². The van der Waals surface area contributed by atoms with Crippen molar-refractivity contribution < 1.29 is 14.7 Å². The van der Waals surface area contributed by atoms with Crippen LogP contribution in [0.3, 0.4) is 0 Å². The summed E-state index contributed by atoms with van der Waals surface area (Å²) in [6.07, 6.45) is 0. The molecule has 1 aromatic carbocycles. The highest BCUT2D eigenvalue weighted by Gasteiger charge is 2.22. The minimum Gasteiger partial charge on any atom is -0.478 e. The van der Waals surface area contributed by atoms with E-state index in [0.717, 1.165) is 0 Å². The summed E-state index contributed by atoms with van der Waals surface area (Å²) >= 11 is 5.94. The van der Waals surface area contributed by atoms with E-state index in [1.807, 2.05) is 4.90 Å². The summed E-state index contributed by atoms with van der Waals surface area (Å²) in [5.41, 5.74) is 0.851. The maximum atomic E-state index is 11.3. The molecule has 6 heteroatoms. The van der Waals surface area contributed by atoms with Crippen molar-refractivity contribution in [1.82, 2.24) is 4.90 Å². The topological polar surface area (TPSA) is 60.9 Å². The van der Waals surface area contributed by atoms with Crippen LogP contribution in [0.4, 0.5) is 5.69 Å². The highest BCUT2D eigenvalue weighted by atomic mass is 35.5. The van der Waals surface area contributed by atoms with Gasteiger partial charge in [-0.2, -0.15) is 0 Å². The Morgan fingerprint density at radius 1 is 1.21 bits per heavy atom. The van der Waals surface area contributed by atoms with Crippen molar-refractivity contribution in [3.8, 4) is 0 Å². The fourth-order valence-corrected chi connectivity index (χ4v) is 2.38. The fourth-order valence-electron chi connectivity index (χ4n) is 2.21. The Labute approximate surface area is 116 Å². The molecule has 1 saturated heterocycles. The van der Waals surface area contributed by atoms with Crippen LogP contribution in [0, 0.1) is 0 Å². The average Bonchev–Trinajstić information content (AvgIpc) is 2.38. The molecule has 0 saturated carbocycles. The number of carbonyl (C=O) groups is 2. The van der Waals surface area contributed by atoms with Crippen molar-refractivity contribution in [2.75, 3.05) is 31.1 Å². The number of anilines is 1. The summed E-state index contributed by atoms with van der Waals surface area (Å²) in [6.45, 7) is 3.96. The van der Waals surface area contributed by atoms with Crippen molar-refractivity contribution in [2.45, 2.75) is 6.92 Å². The second kappa shape index (κ2) is 5.48. The average molecular weight is 283 g/mol. The smallest absolute Gasteiger partial charge is 0.337 e. The van der Waals surface area contributed by atoms with Gasteiger partial charge in [0.15, 0.2) is 0 Å². The summed E-state index contributed by atoms with van der Waals surface area (Å²) in [5.74, 6) is -0.926. The van der Waals surface area contributed by atoms with Crippen LogP contribution in [0.15, 0.2) is 18.2 Å². The van der Waals surface area contributed by atoms with E-state index >= 15 is 0 Å². The molecule has 0 radical (unpaired) electrons. The molecule has 0 unspecified atom stereocenters. The lowest BCUT2D eigenvalue weighted by Crippen LogP contribution is -2.48. The molecule has 1 amide bonds. The lowest BCUT2D eigenvalue weighted by molar-refractivity contribution is -0.129. The zero-order valence-corrected chi connectivity index (χ0v) is 11.4. The molecule has 2 rings (SSSR count). The third kappa shape index (κ3) is 2.98. The Bertz CT molecular complexity index is 511. The van der Waals surface area contributed by atoms with E-state index in [9.17, 15) is 14.7 Å². The van der Waals surface area contributed by atoms with Crippen LogP contribution in [-0.2, 0) is 4.79 Å². The molecule has 5 nitrogen and oxygen atoms in total. The molecule has 1 N–H and O–H groups in total. The largest absolute Gasteiger partial charge is 0.478 e. The number of aromatic carboxylic acids is 1. The third-order valence-electron chi connectivity index (χ3n) is 3.26. The number of carboxylic acids is 1. The van der Waals surface area contributed by atoms with Crippen molar-refractivity contribution in [3.63, 3.8) is 0 Å². The Hall–Kier alpha value is -1.75. The molecule has 1 aliphatic rings. The first-order valence-corrected chi connectivity index (χ1v) is 6.40. The molecule has 0 spiro atoms. The Kier molecular flexibility index (Phi) is 3.95. The zero-order valence-electron chi connectivity index (χ0n) is 10.6. The Morgan fingerprint density at radius 3 is 2.37 bits per heavy atom. The quantitative estimate of drug-likeness (QED) is 0.897. The third-order valence-corrected chi connectivity index (χ3v) is 3.49. The summed E-state index contributed by atoms with van der Waals surface area (Å²) < 4.78 is 0. The molecule has 1 aromatic rings.